The number of nitrogens with zero attached hydrogens (tertiary/aromatic N) is 6. The Morgan fingerprint density at radius 2 is 1.84 bits per heavy atom. The van der Waals surface area contributed by atoms with E-state index in [2.05, 4.69) is 22.2 Å². The fourth-order valence-corrected chi connectivity index (χ4v) is 5.39. The Balaban J connectivity index is 1.31. The first kappa shape index (κ1) is 23.8. The molecule has 0 aliphatic carbocycles. The first-order chi connectivity index (χ1) is 18.5. The largest absolute Gasteiger partial charge is 0.382 e. The number of hydrogen-bond donors (Lipinski definition) is 1. The fourth-order valence-electron chi connectivity index (χ4n) is 5.39. The smallest absolute Gasteiger partial charge is 0.219 e. The van der Waals surface area contributed by atoms with Gasteiger partial charge in [0.15, 0.2) is 11.6 Å². The molecule has 1 saturated heterocycles. The van der Waals surface area contributed by atoms with E-state index in [1.807, 2.05) is 58.2 Å². The van der Waals surface area contributed by atoms with Gasteiger partial charge in [0, 0.05) is 43.6 Å². The quantitative estimate of drug-likeness (QED) is 0.345. The van der Waals surface area contributed by atoms with Crippen LogP contribution in [-0.4, -0.2) is 54.1 Å². The van der Waals surface area contributed by atoms with Crippen molar-refractivity contribution in [3.8, 4) is 11.1 Å². The molecule has 1 fully saturated rings. The Hall–Kier alpha value is -4.53. The zero-order valence-corrected chi connectivity index (χ0v) is 21.2. The van der Waals surface area contributed by atoms with Crippen molar-refractivity contribution in [3.63, 3.8) is 0 Å². The van der Waals surface area contributed by atoms with Crippen LogP contribution in [0.1, 0.15) is 42.2 Å². The average molecular weight is 508 g/mol. The van der Waals surface area contributed by atoms with Gasteiger partial charge in [-0.1, -0.05) is 42.5 Å². The first-order valence-corrected chi connectivity index (χ1v) is 12.9. The summed E-state index contributed by atoms with van der Waals surface area (Å²) >= 11 is 0. The third-order valence-corrected chi connectivity index (χ3v) is 7.46. The summed E-state index contributed by atoms with van der Waals surface area (Å²) in [5, 5.41) is 10.2. The molecule has 3 aromatic heterocycles. The van der Waals surface area contributed by atoms with Crippen LogP contribution in [0.5, 0.6) is 0 Å². The molecule has 0 saturated carbocycles. The highest BCUT2D eigenvalue weighted by molar-refractivity contribution is 6.01. The molecule has 6 rings (SSSR count). The van der Waals surface area contributed by atoms with Crippen LogP contribution in [0.15, 0.2) is 67.1 Å². The van der Waals surface area contributed by atoms with Gasteiger partial charge in [0.1, 0.15) is 17.5 Å². The predicted molar refractivity (Wildman–Crippen MR) is 146 cm³/mol. The Labute approximate surface area is 219 Å². The van der Waals surface area contributed by atoms with Gasteiger partial charge in [-0.15, -0.1) is 0 Å². The molecule has 192 valence electrons. The second-order valence-electron chi connectivity index (χ2n) is 10.0. The van der Waals surface area contributed by atoms with Crippen molar-refractivity contribution >= 4 is 33.9 Å². The van der Waals surface area contributed by atoms with E-state index in [9.17, 15) is 9.59 Å². The minimum Gasteiger partial charge on any atom is -0.382 e. The summed E-state index contributed by atoms with van der Waals surface area (Å²) in [5.74, 6) is 0.652. The molecular formula is C29H29N7O2. The van der Waals surface area contributed by atoms with Gasteiger partial charge in [0.05, 0.1) is 12.1 Å². The normalized spacial score (nSPS) is 14.4. The Kier molecular flexibility index (Phi) is 6.11. The third-order valence-electron chi connectivity index (χ3n) is 7.46. The fraction of sp³-hybridized carbons (Fsp3) is 0.276. The molecular weight excluding hydrogens is 478 g/mol. The van der Waals surface area contributed by atoms with Crippen LogP contribution in [0.4, 0.5) is 5.82 Å². The number of benzene rings is 2. The van der Waals surface area contributed by atoms with E-state index in [4.69, 9.17) is 10.8 Å². The molecule has 0 bridgehead atoms. The number of anilines is 1. The van der Waals surface area contributed by atoms with E-state index in [1.54, 1.807) is 11.4 Å². The molecule has 2 aromatic carbocycles. The van der Waals surface area contributed by atoms with Crippen LogP contribution in [0, 0.1) is 5.92 Å². The highest BCUT2D eigenvalue weighted by atomic mass is 16.2. The summed E-state index contributed by atoms with van der Waals surface area (Å²) in [6, 6.07) is 18.2. The van der Waals surface area contributed by atoms with Crippen molar-refractivity contribution in [2.24, 2.45) is 5.92 Å². The standard InChI is InChI=1S/C29H29N7O2/c1-19(37)34-11-9-20(10-12-34)13-27(38)26-15-24(28-29(30)31-18-32-36(26)28)22-7-8-23-17-35(33-25(23)14-22)16-21-5-3-2-4-6-21/h2-8,14-15,17-18,20H,9-13,16H2,1H3,(H2,30,31,32). The summed E-state index contributed by atoms with van der Waals surface area (Å²) in [5.41, 5.74) is 11.1. The minimum atomic E-state index is 0.0128. The molecule has 9 nitrogen and oxygen atoms in total. The van der Waals surface area contributed by atoms with Gasteiger partial charge in [-0.2, -0.15) is 10.2 Å². The molecule has 0 spiro atoms. The van der Waals surface area contributed by atoms with Crippen molar-refractivity contribution in [3.05, 3.63) is 78.4 Å². The van der Waals surface area contributed by atoms with E-state index >= 15 is 0 Å². The molecule has 1 aliphatic heterocycles. The van der Waals surface area contributed by atoms with E-state index in [0.717, 1.165) is 34.9 Å². The van der Waals surface area contributed by atoms with Crippen LogP contribution in [0.3, 0.4) is 0 Å². The number of carbonyl (C=O) groups is 2. The highest BCUT2D eigenvalue weighted by Crippen LogP contribution is 2.33. The van der Waals surface area contributed by atoms with Crippen LogP contribution < -0.4 is 5.73 Å². The van der Waals surface area contributed by atoms with Gasteiger partial charge in [-0.3, -0.25) is 14.3 Å². The molecule has 4 heterocycles. The summed E-state index contributed by atoms with van der Waals surface area (Å²) in [4.78, 5) is 31.2. The van der Waals surface area contributed by atoms with Gasteiger partial charge < -0.3 is 10.6 Å². The van der Waals surface area contributed by atoms with E-state index in [1.165, 1.54) is 11.9 Å². The number of rotatable bonds is 6. The number of fused-ring (bicyclic) bond motifs is 2. The van der Waals surface area contributed by atoms with Gasteiger partial charge in [-0.05, 0) is 42.0 Å². The number of amides is 1. The summed E-state index contributed by atoms with van der Waals surface area (Å²) < 4.78 is 3.55. The number of likely N-dealkylation sites (tertiary alicyclic amines) is 1. The number of carbonyl (C=O) groups excluding carboxylic acids is 2. The lowest BCUT2D eigenvalue weighted by Crippen LogP contribution is -2.37. The van der Waals surface area contributed by atoms with Crippen LogP contribution >= 0.6 is 0 Å². The second kappa shape index (κ2) is 9.74. The number of hydrogen-bond acceptors (Lipinski definition) is 6. The average Bonchev–Trinajstić information content (AvgIpc) is 3.51. The number of piperidine rings is 1. The number of nitrogen functional groups attached to an aromatic ring is 1. The molecule has 2 N–H and O–H groups in total. The molecule has 38 heavy (non-hydrogen) atoms. The molecule has 0 unspecified atom stereocenters. The summed E-state index contributed by atoms with van der Waals surface area (Å²) in [6.45, 7) is 3.67. The lowest BCUT2D eigenvalue weighted by molar-refractivity contribution is -0.130. The Morgan fingerprint density at radius 3 is 2.61 bits per heavy atom. The zero-order valence-electron chi connectivity index (χ0n) is 21.2. The zero-order chi connectivity index (χ0) is 26.2. The first-order valence-electron chi connectivity index (χ1n) is 12.9. The lowest BCUT2D eigenvalue weighted by Gasteiger charge is -2.30. The van der Waals surface area contributed by atoms with E-state index < -0.39 is 0 Å². The molecule has 1 amide bonds. The van der Waals surface area contributed by atoms with Crippen LogP contribution in [-0.2, 0) is 11.3 Å². The molecule has 0 radical (unpaired) electrons. The highest BCUT2D eigenvalue weighted by Gasteiger charge is 2.26. The molecule has 5 aromatic rings. The van der Waals surface area contributed by atoms with Crippen molar-refractivity contribution < 1.29 is 9.59 Å². The summed E-state index contributed by atoms with van der Waals surface area (Å²) in [6.07, 6.45) is 5.46. The van der Waals surface area contributed by atoms with Crippen LogP contribution in [0.25, 0.3) is 27.5 Å². The SMILES string of the molecule is CC(=O)N1CCC(CC(=O)c2cc(-c3ccc4cn(Cc5ccccc5)nc4c3)c3c(N)ncnn23)CC1. The predicted octanol–water partition coefficient (Wildman–Crippen LogP) is 4.21. The summed E-state index contributed by atoms with van der Waals surface area (Å²) in [7, 11) is 0. The van der Waals surface area contributed by atoms with Crippen molar-refractivity contribution in [1.29, 1.82) is 0 Å². The lowest BCUT2D eigenvalue weighted by atomic mass is 9.91. The van der Waals surface area contributed by atoms with Crippen LogP contribution in [0.2, 0.25) is 0 Å². The maximum atomic E-state index is 13.5. The maximum absolute atomic E-state index is 13.5. The molecule has 1 aliphatic rings. The minimum absolute atomic E-state index is 0.0128. The molecule has 9 heteroatoms. The second-order valence-corrected chi connectivity index (χ2v) is 10.0. The third kappa shape index (κ3) is 4.51. The monoisotopic (exact) mass is 507 g/mol. The van der Waals surface area contributed by atoms with Gasteiger partial charge in [-0.25, -0.2) is 9.50 Å². The number of nitrogens with two attached hydrogens (primary N) is 1. The van der Waals surface area contributed by atoms with Gasteiger partial charge in [0.25, 0.3) is 0 Å². The Morgan fingerprint density at radius 1 is 1.05 bits per heavy atom. The topological polar surface area (TPSA) is 111 Å². The number of ketones is 1. The Bertz CT molecular complexity index is 1650. The maximum Gasteiger partial charge on any atom is 0.219 e. The van der Waals surface area contributed by atoms with E-state index in [0.29, 0.717) is 43.1 Å². The molecule has 0 atom stereocenters. The van der Waals surface area contributed by atoms with Crippen molar-refractivity contribution in [2.45, 2.75) is 32.7 Å². The van der Waals surface area contributed by atoms with Crippen molar-refractivity contribution in [2.75, 3.05) is 18.8 Å². The number of Topliss-reactive ketones (excluding diaryl/α,β-unsaturated/α-hetero) is 1. The van der Waals surface area contributed by atoms with Gasteiger partial charge >= 0.3 is 0 Å². The van der Waals surface area contributed by atoms with Gasteiger partial charge in [0.2, 0.25) is 5.91 Å². The van der Waals surface area contributed by atoms with E-state index in [-0.39, 0.29) is 17.6 Å². The number of aromatic nitrogens is 5. The van der Waals surface area contributed by atoms with Crippen molar-refractivity contribution in [1.82, 2.24) is 29.3 Å².